The number of aryl methyl sites for hydroxylation is 1. The highest BCUT2D eigenvalue weighted by Gasteiger charge is 2.21. The van der Waals surface area contributed by atoms with E-state index in [1.54, 1.807) is 6.20 Å². The maximum absolute atomic E-state index is 6.07. The van der Waals surface area contributed by atoms with Gasteiger partial charge in [0.25, 0.3) is 0 Å². The highest BCUT2D eigenvalue weighted by atomic mass is 16.5. The maximum atomic E-state index is 6.07. The van der Waals surface area contributed by atoms with E-state index in [-0.39, 0.29) is 6.10 Å². The quantitative estimate of drug-likeness (QED) is 0.820. The van der Waals surface area contributed by atoms with E-state index < -0.39 is 0 Å². The number of rotatable bonds is 6. The van der Waals surface area contributed by atoms with Gasteiger partial charge in [-0.05, 0) is 37.1 Å². The summed E-state index contributed by atoms with van der Waals surface area (Å²) in [6.07, 6.45) is 8.99. The molecule has 0 bridgehead atoms. The van der Waals surface area contributed by atoms with Crippen LogP contribution in [0.15, 0.2) is 36.8 Å². The maximum Gasteiger partial charge on any atom is 0.128 e. The number of piperidine rings is 1. The van der Waals surface area contributed by atoms with E-state index in [1.807, 2.05) is 24.5 Å². The van der Waals surface area contributed by atoms with Gasteiger partial charge in [-0.15, -0.1) is 0 Å². The zero-order chi connectivity index (χ0) is 15.9. The summed E-state index contributed by atoms with van der Waals surface area (Å²) in [5, 5.41) is 0. The van der Waals surface area contributed by atoms with Gasteiger partial charge in [0, 0.05) is 38.1 Å². The molecule has 3 rings (SSSR count). The van der Waals surface area contributed by atoms with Gasteiger partial charge in [-0.3, -0.25) is 9.88 Å². The summed E-state index contributed by atoms with van der Waals surface area (Å²) in [7, 11) is 0. The SMILES string of the molecule is CCc1nccc(CN2CCC[C@H](OCc3cccnc3)C2)n1. The molecule has 5 nitrogen and oxygen atoms in total. The molecule has 0 amide bonds. The molecular weight excluding hydrogens is 288 g/mol. The first-order valence-corrected chi connectivity index (χ1v) is 8.37. The van der Waals surface area contributed by atoms with Crippen LogP contribution in [0.25, 0.3) is 0 Å². The standard InChI is InChI=1S/C18H24N4O/c1-2-18-20-9-7-16(21-18)12-22-10-4-6-17(13-22)23-14-15-5-3-8-19-11-15/h3,5,7-9,11,17H,2,4,6,10,12-14H2,1H3/t17-/m0/s1. The molecule has 0 N–H and O–H groups in total. The summed E-state index contributed by atoms with van der Waals surface area (Å²) in [4.78, 5) is 15.4. The lowest BCUT2D eigenvalue weighted by atomic mass is 10.1. The molecule has 0 aliphatic carbocycles. The summed E-state index contributed by atoms with van der Waals surface area (Å²) in [5.41, 5.74) is 2.23. The third-order valence-electron chi connectivity index (χ3n) is 4.14. The third kappa shape index (κ3) is 4.81. The van der Waals surface area contributed by atoms with Gasteiger partial charge >= 0.3 is 0 Å². The largest absolute Gasteiger partial charge is 0.372 e. The van der Waals surface area contributed by atoms with E-state index in [9.17, 15) is 0 Å². The minimum Gasteiger partial charge on any atom is -0.372 e. The molecule has 2 aromatic heterocycles. The molecule has 1 aliphatic heterocycles. The Kier molecular flexibility index (Phi) is 5.66. The fourth-order valence-corrected chi connectivity index (χ4v) is 2.92. The molecule has 1 atom stereocenters. The van der Waals surface area contributed by atoms with Gasteiger partial charge in [0.15, 0.2) is 0 Å². The number of likely N-dealkylation sites (tertiary alicyclic amines) is 1. The molecule has 1 saturated heterocycles. The lowest BCUT2D eigenvalue weighted by Crippen LogP contribution is -2.39. The van der Waals surface area contributed by atoms with Crippen LogP contribution in [-0.2, 0) is 24.3 Å². The third-order valence-corrected chi connectivity index (χ3v) is 4.14. The van der Waals surface area contributed by atoms with Crippen molar-refractivity contribution in [2.24, 2.45) is 0 Å². The van der Waals surface area contributed by atoms with Crippen molar-refractivity contribution in [3.8, 4) is 0 Å². The van der Waals surface area contributed by atoms with Crippen LogP contribution in [0.1, 0.15) is 36.8 Å². The molecule has 122 valence electrons. The topological polar surface area (TPSA) is 51.1 Å². The molecule has 23 heavy (non-hydrogen) atoms. The summed E-state index contributed by atoms with van der Waals surface area (Å²) in [5.74, 6) is 0.920. The smallest absolute Gasteiger partial charge is 0.128 e. The van der Waals surface area contributed by atoms with Crippen molar-refractivity contribution in [2.75, 3.05) is 13.1 Å². The lowest BCUT2D eigenvalue weighted by Gasteiger charge is -2.32. The Bertz CT molecular complexity index is 605. The number of aromatic nitrogens is 3. The second kappa shape index (κ2) is 8.13. The van der Waals surface area contributed by atoms with Gasteiger partial charge in [0.1, 0.15) is 5.82 Å². The second-order valence-electron chi connectivity index (χ2n) is 5.99. The van der Waals surface area contributed by atoms with Crippen LogP contribution in [0.3, 0.4) is 0 Å². The van der Waals surface area contributed by atoms with Crippen molar-refractivity contribution in [3.63, 3.8) is 0 Å². The van der Waals surface area contributed by atoms with E-state index in [4.69, 9.17) is 4.74 Å². The van der Waals surface area contributed by atoms with Crippen LogP contribution >= 0.6 is 0 Å². The summed E-state index contributed by atoms with van der Waals surface area (Å²) >= 11 is 0. The minimum atomic E-state index is 0.288. The number of pyridine rings is 1. The van der Waals surface area contributed by atoms with Crippen LogP contribution in [0.2, 0.25) is 0 Å². The van der Waals surface area contributed by atoms with E-state index in [2.05, 4.69) is 32.8 Å². The first-order valence-electron chi connectivity index (χ1n) is 8.37. The van der Waals surface area contributed by atoms with Crippen molar-refractivity contribution in [1.29, 1.82) is 0 Å². The summed E-state index contributed by atoms with van der Waals surface area (Å²) in [6.45, 7) is 5.67. The molecule has 5 heteroatoms. The molecule has 1 fully saturated rings. The van der Waals surface area contributed by atoms with Crippen LogP contribution in [0.5, 0.6) is 0 Å². The predicted octanol–water partition coefficient (Wildman–Crippen LogP) is 2.62. The Morgan fingerprint density at radius 2 is 2.26 bits per heavy atom. The molecule has 0 unspecified atom stereocenters. The minimum absolute atomic E-state index is 0.288. The van der Waals surface area contributed by atoms with Crippen molar-refractivity contribution in [3.05, 3.63) is 53.9 Å². The number of hydrogen-bond donors (Lipinski definition) is 0. The van der Waals surface area contributed by atoms with Gasteiger partial charge < -0.3 is 4.74 Å². The van der Waals surface area contributed by atoms with E-state index in [0.29, 0.717) is 6.61 Å². The molecule has 2 aromatic rings. The van der Waals surface area contributed by atoms with E-state index in [1.165, 1.54) is 6.42 Å². The number of ether oxygens (including phenoxy) is 1. The highest BCUT2D eigenvalue weighted by molar-refractivity contribution is 5.07. The first kappa shape index (κ1) is 16.0. The second-order valence-corrected chi connectivity index (χ2v) is 5.99. The molecule has 3 heterocycles. The van der Waals surface area contributed by atoms with Gasteiger partial charge in [0.05, 0.1) is 18.4 Å². The van der Waals surface area contributed by atoms with Crippen molar-refractivity contribution < 1.29 is 4.74 Å². The molecule has 0 saturated carbocycles. The zero-order valence-corrected chi connectivity index (χ0v) is 13.7. The van der Waals surface area contributed by atoms with E-state index >= 15 is 0 Å². The van der Waals surface area contributed by atoms with Crippen LogP contribution in [0, 0.1) is 0 Å². The van der Waals surface area contributed by atoms with Crippen molar-refractivity contribution in [2.45, 2.75) is 45.4 Å². The van der Waals surface area contributed by atoms with Gasteiger partial charge in [-0.25, -0.2) is 9.97 Å². The first-order chi connectivity index (χ1) is 11.3. The lowest BCUT2D eigenvalue weighted by molar-refractivity contribution is -0.0124. The molecule has 0 aromatic carbocycles. The van der Waals surface area contributed by atoms with Gasteiger partial charge in [0.2, 0.25) is 0 Å². The molecule has 0 radical (unpaired) electrons. The average Bonchev–Trinajstić information content (AvgIpc) is 2.61. The fraction of sp³-hybridized carbons (Fsp3) is 0.500. The Balaban J connectivity index is 1.51. The number of nitrogens with zero attached hydrogens (tertiary/aromatic N) is 4. The van der Waals surface area contributed by atoms with Gasteiger partial charge in [-0.1, -0.05) is 13.0 Å². The highest BCUT2D eigenvalue weighted by Crippen LogP contribution is 2.16. The Hall–Kier alpha value is -1.85. The van der Waals surface area contributed by atoms with Crippen LogP contribution < -0.4 is 0 Å². The Morgan fingerprint density at radius 3 is 3.09 bits per heavy atom. The molecule has 1 aliphatic rings. The Morgan fingerprint density at radius 1 is 1.30 bits per heavy atom. The Labute approximate surface area is 137 Å². The van der Waals surface area contributed by atoms with Crippen molar-refractivity contribution in [1.82, 2.24) is 19.9 Å². The molecular formula is C18H24N4O. The zero-order valence-electron chi connectivity index (χ0n) is 13.7. The summed E-state index contributed by atoms with van der Waals surface area (Å²) in [6, 6.07) is 6.02. The van der Waals surface area contributed by atoms with Crippen molar-refractivity contribution >= 4 is 0 Å². The summed E-state index contributed by atoms with van der Waals surface area (Å²) < 4.78 is 6.07. The monoisotopic (exact) mass is 312 g/mol. The van der Waals surface area contributed by atoms with Crippen LogP contribution in [-0.4, -0.2) is 39.0 Å². The number of hydrogen-bond acceptors (Lipinski definition) is 5. The predicted molar refractivity (Wildman–Crippen MR) is 88.7 cm³/mol. The normalized spacial score (nSPS) is 18.9. The fourth-order valence-electron chi connectivity index (χ4n) is 2.92. The van der Waals surface area contributed by atoms with Crippen LogP contribution in [0.4, 0.5) is 0 Å². The van der Waals surface area contributed by atoms with Gasteiger partial charge in [-0.2, -0.15) is 0 Å². The molecule has 0 spiro atoms. The van der Waals surface area contributed by atoms with E-state index in [0.717, 1.165) is 49.6 Å². The average molecular weight is 312 g/mol.